The van der Waals surface area contributed by atoms with Gasteiger partial charge in [0.15, 0.2) is 6.10 Å². The third-order valence-electron chi connectivity index (χ3n) is 8.71. The van der Waals surface area contributed by atoms with Gasteiger partial charge in [-0.15, -0.1) is 0 Å². The molecule has 1 aliphatic rings. The molecular weight excluding hydrogens is 681 g/mol. The first-order valence-corrected chi connectivity index (χ1v) is 22.6. The first kappa shape index (κ1) is 48.6. The van der Waals surface area contributed by atoms with E-state index in [0.717, 1.165) is 51.4 Å². The van der Waals surface area contributed by atoms with Gasteiger partial charge in [-0.05, 0) is 63.9 Å². The summed E-state index contributed by atoms with van der Waals surface area (Å²) < 4.78 is 34.6. The predicted molar refractivity (Wildman–Crippen MR) is 225 cm³/mol. The molecule has 0 aromatic rings. The molecule has 0 radical (unpaired) electrons. The van der Waals surface area contributed by atoms with Gasteiger partial charge in [0.1, 0.15) is 6.61 Å². The Morgan fingerprint density at radius 3 is 1.60 bits per heavy atom. The van der Waals surface area contributed by atoms with Gasteiger partial charge in [0, 0.05) is 13.0 Å². The molecule has 53 heavy (non-hydrogen) atoms. The van der Waals surface area contributed by atoms with E-state index < -0.39 is 13.9 Å². The van der Waals surface area contributed by atoms with Gasteiger partial charge in [0.05, 0.1) is 19.5 Å². The topological polar surface area (TPSA) is 83.1 Å². The Bertz CT molecular complexity index is 1100. The van der Waals surface area contributed by atoms with Crippen molar-refractivity contribution >= 4 is 13.7 Å². The highest BCUT2D eigenvalue weighted by atomic mass is 31.2. The highest BCUT2D eigenvalue weighted by Gasteiger charge is 2.31. The molecule has 0 spiro atoms. The number of carbonyl (C=O) groups is 1. The van der Waals surface area contributed by atoms with Crippen LogP contribution in [0.2, 0.25) is 0 Å². The van der Waals surface area contributed by atoms with Crippen LogP contribution in [0.5, 0.6) is 0 Å². The first-order valence-electron chi connectivity index (χ1n) is 21.1. The second kappa shape index (κ2) is 37.9. The highest BCUT2D eigenvalue weighted by Crippen LogP contribution is 2.46. The van der Waals surface area contributed by atoms with Gasteiger partial charge < -0.3 is 9.47 Å². The number of ether oxygens (including phenoxy) is 2. The lowest BCUT2D eigenvalue weighted by Gasteiger charge is -2.19. The summed E-state index contributed by atoms with van der Waals surface area (Å²) in [5.74, 6) is -0.341. The van der Waals surface area contributed by atoms with Crippen molar-refractivity contribution in [3.63, 3.8) is 0 Å². The summed E-state index contributed by atoms with van der Waals surface area (Å²) in [6.07, 6.45) is 55.3. The van der Waals surface area contributed by atoms with Crippen LogP contribution in [0.3, 0.4) is 0 Å². The number of nitrogens with one attached hydrogen (secondary N) is 1. The van der Waals surface area contributed by atoms with Crippen LogP contribution >= 0.6 is 7.75 Å². The van der Waals surface area contributed by atoms with E-state index in [2.05, 4.69) is 85.8 Å². The monoisotopic (exact) mass is 758 g/mol. The van der Waals surface area contributed by atoms with Crippen molar-refractivity contribution in [1.29, 1.82) is 0 Å². The summed E-state index contributed by atoms with van der Waals surface area (Å²) in [7, 11) is -3.35. The number of esters is 1. The molecule has 7 nitrogen and oxygen atoms in total. The molecule has 2 atom stereocenters. The van der Waals surface area contributed by atoms with Crippen LogP contribution in [0.15, 0.2) is 85.3 Å². The summed E-state index contributed by atoms with van der Waals surface area (Å²) >= 11 is 0. The van der Waals surface area contributed by atoms with Gasteiger partial charge in [-0.25, -0.2) is 9.65 Å². The van der Waals surface area contributed by atoms with Gasteiger partial charge in [-0.1, -0.05) is 170 Å². The van der Waals surface area contributed by atoms with E-state index in [1.165, 1.54) is 83.5 Å². The van der Waals surface area contributed by atoms with E-state index >= 15 is 0 Å². The second-order valence-corrected chi connectivity index (χ2v) is 15.5. The minimum Gasteiger partial charge on any atom is -0.498 e. The van der Waals surface area contributed by atoms with Crippen molar-refractivity contribution in [3.05, 3.63) is 85.3 Å². The Labute approximate surface area is 325 Å². The lowest BCUT2D eigenvalue weighted by molar-refractivity contribution is -0.153. The maximum atomic E-state index is 12.6. The molecule has 1 saturated heterocycles. The Hall–Kier alpha value is -2.44. The summed E-state index contributed by atoms with van der Waals surface area (Å²) in [6, 6.07) is 0. The fourth-order valence-corrected chi connectivity index (χ4v) is 6.93. The van der Waals surface area contributed by atoms with E-state index in [1.807, 2.05) is 12.2 Å². The van der Waals surface area contributed by atoms with Crippen molar-refractivity contribution in [1.82, 2.24) is 5.09 Å². The number of unbranched alkanes of at least 4 members (excludes halogenated alkanes) is 14. The van der Waals surface area contributed by atoms with E-state index in [1.54, 1.807) is 6.26 Å². The summed E-state index contributed by atoms with van der Waals surface area (Å²) in [5, 5.41) is 2.75. The maximum absolute atomic E-state index is 12.6. The molecule has 0 amide bonds. The fourth-order valence-electron chi connectivity index (χ4n) is 5.62. The summed E-state index contributed by atoms with van der Waals surface area (Å²) in [5.41, 5.74) is 0. The third kappa shape index (κ3) is 33.8. The van der Waals surface area contributed by atoms with Gasteiger partial charge in [0.25, 0.3) is 0 Å². The highest BCUT2D eigenvalue weighted by molar-refractivity contribution is 7.51. The molecule has 1 heterocycles. The Kier molecular flexibility index (Phi) is 34.7. The van der Waals surface area contributed by atoms with Gasteiger partial charge in [-0.3, -0.25) is 13.8 Å². The Morgan fingerprint density at radius 1 is 0.623 bits per heavy atom. The second-order valence-electron chi connectivity index (χ2n) is 13.7. The molecule has 1 aliphatic heterocycles. The van der Waals surface area contributed by atoms with E-state index in [4.69, 9.17) is 18.5 Å². The van der Waals surface area contributed by atoms with E-state index in [-0.39, 0.29) is 25.6 Å². The number of hydrogen-bond acceptors (Lipinski definition) is 6. The maximum Gasteiger partial charge on any atom is 0.405 e. The van der Waals surface area contributed by atoms with Gasteiger partial charge >= 0.3 is 13.7 Å². The lowest BCUT2D eigenvalue weighted by Crippen LogP contribution is -2.28. The zero-order chi connectivity index (χ0) is 38.2. The predicted octanol–water partition coefficient (Wildman–Crippen LogP) is 13.5. The Balaban J connectivity index is 2.18. The van der Waals surface area contributed by atoms with Crippen molar-refractivity contribution < 1.29 is 27.9 Å². The van der Waals surface area contributed by atoms with Gasteiger partial charge in [-0.2, -0.15) is 0 Å². The van der Waals surface area contributed by atoms with E-state index in [0.29, 0.717) is 19.6 Å². The smallest absolute Gasteiger partial charge is 0.405 e. The first-order chi connectivity index (χ1) is 26.1. The van der Waals surface area contributed by atoms with Crippen LogP contribution in [-0.2, 0) is 27.9 Å². The molecule has 0 aromatic carbocycles. The molecule has 1 rings (SSSR count). The lowest BCUT2D eigenvalue weighted by atomic mass is 10.0. The molecule has 1 N–H and O–H groups in total. The third-order valence-corrected chi connectivity index (χ3v) is 10.3. The molecule has 0 aromatic heterocycles. The van der Waals surface area contributed by atoms with Crippen molar-refractivity contribution in [3.8, 4) is 0 Å². The summed E-state index contributed by atoms with van der Waals surface area (Å²) in [4.78, 5) is 12.6. The van der Waals surface area contributed by atoms with Crippen LogP contribution < -0.4 is 5.09 Å². The molecule has 0 bridgehead atoms. The van der Waals surface area contributed by atoms with Crippen molar-refractivity contribution in [2.75, 3.05) is 26.4 Å². The number of allylic oxidation sites excluding steroid dienone is 13. The fraction of sp³-hybridized carbons (Fsp3) is 0.667. The quantitative estimate of drug-likeness (QED) is 0.0224. The SMILES string of the molecule is CC/C=C\C/C=C\C/C=C\C/C=C\C/C=C\C/C=C\CCC(=O)OC(CO/C=C\CCCCCCCCCCCCCCCC)COP1(=O)NCCO1. The van der Waals surface area contributed by atoms with Gasteiger partial charge in [0.2, 0.25) is 0 Å². The van der Waals surface area contributed by atoms with Crippen LogP contribution in [0, 0.1) is 0 Å². The van der Waals surface area contributed by atoms with E-state index in [9.17, 15) is 9.36 Å². The van der Waals surface area contributed by atoms with Crippen LogP contribution in [0.1, 0.15) is 162 Å². The molecule has 302 valence electrons. The van der Waals surface area contributed by atoms with Crippen molar-refractivity contribution in [2.45, 2.75) is 168 Å². The number of carbonyl (C=O) groups excluding carboxylic acids is 1. The average molecular weight is 758 g/mol. The molecule has 1 fully saturated rings. The summed E-state index contributed by atoms with van der Waals surface area (Å²) in [6.45, 7) is 5.27. The van der Waals surface area contributed by atoms with Crippen LogP contribution in [-0.4, -0.2) is 38.4 Å². The number of hydrogen-bond donors (Lipinski definition) is 1. The zero-order valence-corrected chi connectivity index (χ0v) is 34.5. The van der Waals surface area contributed by atoms with Crippen LogP contribution in [0.4, 0.5) is 0 Å². The Morgan fingerprint density at radius 2 is 1.11 bits per heavy atom. The van der Waals surface area contributed by atoms with Crippen molar-refractivity contribution in [2.24, 2.45) is 0 Å². The molecule has 8 heteroatoms. The molecular formula is C45H76NO6P. The average Bonchev–Trinajstić information content (AvgIpc) is 3.60. The van der Waals surface area contributed by atoms with Crippen LogP contribution in [0.25, 0.3) is 0 Å². The zero-order valence-electron chi connectivity index (χ0n) is 33.6. The largest absolute Gasteiger partial charge is 0.498 e. The normalized spacial score (nSPS) is 17.4. The number of rotatable bonds is 36. The molecule has 0 saturated carbocycles. The minimum atomic E-state index is -3.35. The minimum absolute atomic E-state index is 0.0667. The molecule has 2 unspecified atom stereocenters. The molecule has 0 aliphatic carbocycles. The standard InChI is InChI=1S/C45H76NO6P/c1-3-5-7-9-11-13-15-17-19-21-22-23-24-26-28-30-32-34-36-38-45(47)52-44(43-51-53(48)46-39-41-50-53)42-49-40-37-35-33-31-29-27-25-20-18-16-14-12-10-8-6-4-2/h5,7,11,13,17,19,22-23,26,28,32,34,37,40,44H,3-4,6,8-10,12,14-16,18,20-21,24-25,27,29-31,33,35-36,38-39,41-43H2,1-2H3,(H,46,48)/b7-5-,13-11-,19-17-,23-22-,28-26-,34-32-,40-37-.